The molecule has 0 bridgehead atoms. The molecule has 1 N–H and O–H groups in total. The molecule has 160 valence electrons. The van der Waals surface area contributed by atoms with Crippen LogP contribution in [0.1, 0.15) is 78.3 Å². The number of carbonyl (C=O) groups is 3. The molecule has 0 unspecified atom stereocenters. The smallest absolute Gasteiger partial charge is 0.412 e. The first kappa shape index (κ1) is 24.4. The van der Waals surface area contributed by atoms with Crippen molar-refractivity contribution in [3.63, 3.8) is 0 Å². The maximum Gasteiger partial charge on any atom is 0.412 e. The Hall–Kier alpha value is -2.60. The lowest BCUT2D eigenvalue weighted by atomic mass is 10.2. The standard InChI is InChI=1S/C20H28N2O6S/c1-12(2)26-18(23)16-14(5)15(17(29-16)19(24)27-13(3)4)28-20(25)22-11-9-7-6-8-10-21/h12-13H,6-9,11H2,1-5H3,(H,22,25). The number of nitriles is 1. The highest BCUT2D eigenvalue weighted by Crippen LogP contribution is 2.36. The summed E-state index contributed by atoms with van der Waals surface area (Å²) in [6, 6.07) is 2.07. The molecule has 29 heavy (non-hydrogen) atoms. The van der Waals surface area contributed by atoms with Crippen molar-refractivity contribution in [2.24, 2.45) is 0 Å². The van der Waals surface area contributed by atoms with Crippen LogP contribution in [-0.2, 0) is 9.47 Å². The Bertz CT molecular complexity index is 764. The van der Waals surface area contributed by atoms with Gasteiger partial charge in [-0.1, -0.05) is 6.42 Å². The zero-order chi connectivity index (χ0) is 22.0. The number of amides is 1. The number of hydrogen-bond donors (Lipinski definition) is 1. The van der Waals surface area contributed by atoms with Gasteiger partial charge in [0, 0.05) is 18.5 Å². The van der Waals surface area contributed by atoms with Crippen LogP contribution in [0.15, 0.2) is 0 Å². The van der Waals surface area contributed by atoms with Crippen molar-refractivity contribution in [1.82, 2.24) is 5.32 Å². The van der Waals surface area contributed by atoms with Crippen molar-refractivity contribution in [3.05, 3.63) is 15.3 Å². The van der Waals surface area contributed by atoms with E-state index in [9.17, 15) is 14.4 Å². The molecule has 0 aliphatic rings. The normalized spacial score (nSPS) is 10.6. The molecule has 0 saturated carbocycles. The number of nitrogens with zero attached hydrogens (tertiary/aromatic N) is 1. The second-order valence-corrected chi connectivity index (χ2v) is 7.93. The average Bonchev–Trinajstić information content (AvgIpc) is 2.93. The molecule has 1 heterocycles. The first-order valence-electron chi connectivity index (χ1n) is 9.55. The van der Waals surface area contributed by atoms with Crippen LogP contribution in [0.4, 0.5) is 4.79 Å². The number of ether oxygens (including phenoxy) is 3. The SMILES string of the molecule is Cc1c(C(=O)OC(C)C)sc(C(=O)OC(C)C)c1OC(=O)NCCCCCC#N. The van der Waals surface area contributed by atoms with Crippen molar-refractivity contribution in [1.29, 1.82) is 5.26 Å². The number of esters is 2. The number of carbonyl (C=O) groups excluding carboxylic acids is 3. The van der Waals surface area contributed by atoms with Gasteiger partial charge in [0.05, 0.1) is 18.3 Å². The van der Waals surface area contributed by atoms with Gasteiger partial charge in [-0.3, -0.25) is 0 Å². The van der Waals surface area contributed by atoms with E-state index in [2.05, 4.69) is 11.4 Å². The molecule has 0 aliphatic heterocycles. The monoisotopic (exact) mass is 424 g/mol. The molecule has 1 amide bonds. The summed E-state index contributed by atoms with van der Waals surface area (Å²) in [5.74, 6) is -1.26. The van der Waals surface area contributed by atoms with E-state index in [0.717, 1.165) is 24.2 Å². The predicted octanol–water partition coefficient (Wildman–Crippen LogP) is 4.36. The summed E-state index contributed by atoms with van der Waals surface area (Å²) < 4.78 is 15.8. The van der Waals surface area contributed by atoms with E-state index >= 15 is 0 Å². The molecule has 9 heteroatoms. The Morgan fingerprint density at radius 1 is 1.00 bits per heavy atom. The Balaban J connectivity index is 2.93. The molecule has 1 rings (SSSR count). The maximum atomic E-state index is 12.4. The molecule has 0 atom stereocenters. The summed E-state index contributed by atoms with van der Waals surface area (Å²) in [5.41, 5.74) is 0.348. The number of hydrogen-bond acceptors (Lipinski definition) is 8. The molecule has 1 aromatic heterocycles. The molecular formula is C20H28N2O6S. The fraction of sp³-hybridized carbons (Fsp3) is 0.600. The zero-order valence-electron chi connectivity index (χ0n) is 17.5. The molecule has 0 spiro atoms. The van der Waals surface area contributed by atoms with Crippen LogP contribution in [0.3, 0.4) is 0 Å². The van der Waals surface area contributed by atoms with Gasteiger partial charge in [0.1, 0.15) is 4.88 Å². The number of nitrogens with one attached hydrogen (secondary N) is 1. The van der Waals surface area contributed by atoms with Crippen LogP contribution in [-0.4, -0.2) is 36.8 Å². The first-order valence-corrected chi connectivity index (χ1v) is 10.4. The van der Waals surface area contributed by atoms with Crippen LogP contribution < -0.4 is 10.1 Å². The molecule has 0 radical (unpaired) electrons. The van der Waals surface area contributed by atoms with Crippen molar-refractivity contribution >= 4 is 29.4 Å². The molecule has 0 fully saturated rings. The van der Waals surface area contributed by atoms with Gasteiger partial charge in [0.15, 0.2) is 10.6 Å². The van der Waals surface area contributed by atoms with Gasteiger partial charge in [-0.05, 0) is 47.5 Å². The van der Waals surface area contributed by atoms with Crippen molar-refractivity contribution < 1.29 is 28.6 Å². The molecule has 0 aromatic carbocycles. The lowest BCUT2D eigenvalue weighted by molar-refractivity contribution is 0.0372. The number of unbranched alkanes of at least 4 members (excludes halogenated alkanes) is 3. The van der Waals surface area contributed by atoms with E-state index < -0.39 is 18.0 Å². The molecule has 0 aliphatic carbocycles. The van der Waals surface area contributed by atoms with Crippen molar-refractivity contribution in [2.45, 2.75) is 72.5 Å². The van der Waals surface area contributed by atoms with Crippen LogP contribution in [0, 0.1) is 18.3 Å². The van der Waals surface area contributed by atoms with Gasteiger partial charge in [0.25, 0.3) is 0 Å². The fourth-order valence-electron chi connectivity index (χ4n) is 2.31. The third-order valence-corrected chi connectivity index (χ3v) is 4.81. The van der Waals surface area contributed by atoms with Crippen LogP contribution >= 0.6 is 11.3 Å². The van der Waals surface area contributed by atoms with Gasteiger partial charge < -0.3 is 19.5 Å². The Labute approximate surface area is 175 Å². The van der Waals surface area contributed by atoms with E-state index in [-0.39, 0.29) is 27.7 Å². The van der Waals surface area contributed by atoms with Crippen LogP contribution in [0.5, 0.6) is 5.75 Å². The maximum absolute atomic E-state index is 12.4. The molecule has 1 aromatic rings. The molecule has 0 saturated heterocycles. The van der Waals surface area contributed by atoms with Crippen LogP contribution in [0.2, 0.25) is 0 Å². The van der Waals surface area contributed by atoms with E-state index in [1.54, 1.807) is 34.6 Å². The van der Waals surface area contributed by atoms with E-state index in [1.807, 2.05) is 0 Å². The van der Waals surface area contributed by atoms with Gasteiger partial charge in [-0.15, -0.1) is 11.3 Å². The third-order valence-electron chi connectivity index (χ3n) is 3.58. The summed E-state index contributed by atoms with van der Waals surface area (Å²) in [7, 11) is 0. The minimum Gasteiger partial charge on any atom is -0.459 e. The van der Waals surface area contributed by atoms with Crippen LogP contribution in [0.25, 0.3) is 0 Å². The quantitative estimate of drug-likeness (QED) is 0.438. The van der Waals surface area contributed by atoms with Crippen molar-refractivity contribution in [3.8, 4) is 11.8 Å². The van der Waals surface area contributed by atoms with Gasteiger partial charge >= 0.3 is 18.0 Å². The van der Waals surface area contributed by atoms with E-state index in [1.165, 1.54) is 0 Å². The lowest BCUT2D eigenvalue weighted by Gasteiger charge is -2.10. The van der Waals surface area contributed by atoms with Gasteiger partial charge in [0.2, 0.25) is 0 Å². The minimum absolute atomic E-state index is 0.00154. The summed E-state index contributed by atoms with van der Waals surface area (Å²) >= 11 is 0.881. The fourth-order valence-corrected chi connectivity index (χ4v) is 3.31. The van der Waals surface area contributed by atoms with Crippen molar-refractivity contribution in [2.75, 3.05) is 6.54 Å². The summed E-state index contributed by atoms with van der Waals surface area (Å²) in [4.78, 5) is 37.1. The third kappa shape index (κ3) is 8.11. The average molecular weight is 425 g/mol. The lowest BCUT2D eigenvalue weighted by Crippen LogP contribution is -2.28. The highest BCUT2D eigenvalue weighted by atomic mass is 32.1. The van der Waals surface area contributed by atoms with Gasteiger partial charge in [-0.2, -0.15) is 5.26 Å². The predicted molar refractivity (Wildman–Crippen MR) is 108 cm³/mol. The topological polar surface area (TPSA) is 115 Å². The summed E-state index contributed by atoms with van der Waals surface area (Å²) in [6.07, 6.45) is 1.33. The summed E-state index contributed by atoms with van der Waals surface area (Å²) in [6.45, 7) is 8.80. The molecular weight excluding hydrogens is 396 g/mol. The number of thiophene rings is 1. The first-order chi connectivity index (χ1) is 13.7. The minimum atomic E-state index is -0.728. The zero-order valence-corrected chi connectivity index (χ0v) is 18.3. The largest absolute Gasteiger partial charge is 0.459 e. The second kappa shape index (κ2) is 12.1. The molecule has 8 nitrogen and oxygen atoms in total. The van der Waals surface area contributed by atoms with E-state index in [0.29, 0.717) is 24.9 Å². The Morgan fingerprint density at radius 3 is 2.14 bits per heavy atom. The van der Waals surface area contributed by atoms with Gasteiger partial charge in [-0.25, -0.2) is 14.4 Å². The Morgan fingerprint density at radius 2 is 1.59 bits per heavy atom. The van der Waals surface area contributed by atoms with E-state index in [4.69, 9.17) is 19.5 Å². The second-order valence-electron chi connectivity index (χ2n) is 6.91. The Kier molecular flexibility index (Phi) is 10.2. The number of rotatable bonds is 10. The summed E-state index contributed by atoms with van der Waals surface area (Å²) in [5, 5.41) is 11.1. The highest BCUT2D eigenvalue weighted by molar-refractivity contribution is 7.16. The highest BCUT2D eigenvalue weighted by Gasteiger charge is 2.29.